The zero-order chi connectivity index (χ0) is 15.0. The number of carbonyl (C=O) groups excluding carboxylic acids is 1. The molecule has 0 fully saturated rings. The van der Waals surface area contributed by atoms with E-state index in [0.717, 1.165) is 11.1 Å². The zero-order valence-electron chi connectivity index (χ0n) is 12.6. The minimum atomic E-state index is 0.0643. The van der Waals surface area contributed by atoms with Crippen molar-refractivity contribution in [3.05, 3.63) is 69.8 Å². The predicted molar refractivity (Wildman–Crippen MR) is 84.9 cm³/mol. The number of Topliss-reactive ketones (excluding diaryl/α,β-unsaturated/α-hetero) is 1. The van der Waals surface area contributed by atoms with Crippen LogP contribution in [0.3, 0.4) is 0 Å². The van der Waals surface area contributed by atoms with Gasteiger partial charge in [0.1, 0.15) is 12.4 Å². The summed E-state index contributed by atoms with van der Waals surface area (Å²) < 4.78 is 5.72. The first-order chi connectivity index (χ1) is 10.0. The van der Waals surface area contributed by atoms with E-state index in [9.17, 15) is 4.79 Å². The molecule has 106 valence electrons. The van der Waals surface area contributed by atoms with E-state index >= 15 is 0 Å². The van der Waals surface area contributed by atoms with E-state index in [1.165, 1.54) is 11.1 Å². The maximum atomic E-state index is 12.5. The van der Waals surface area contributed by atoms with E-state index in [1.54, 1.807) is 0 Å². The normalized spacial score (nSPS) is 15.8. The molecule has 3 rings (SSSR count). The zero-order valence-corrected chi connectivity index (χ0v) is 12.6. The molecule has 0 radical (unpaired) electrons. The molecule has 1 aliphatic heterocycles. The van der Waals surface area contributed by atoms with E-state index in [0.29, 0.717) is 23.5 Å². The number of ketones is 1. The van der Waals surface area contributed by atoms with Crippen molar-refractivity contribution >= 4 is 11.9 Å². The third-order valence-corrected chi connectivity index (χ3v) is 3.93. The number of ether oxygens (including phenoxy) is 1. The lowest BCUT2D eigenvalue weighted by atomic mass is 9.96. The molecule has 0 saturated heterocycles. The van der Waals surface area contributed by atoms with Gasteiger partial charge in [0.15, 0.2) is 5.78 Å². The molecule has 1 heterocycles. The fourth-order valence-corrected chi connectivity index (χ4v) is 2.49. The summed E-state index contributed by atoms with van der Waals surface area (Å²) in [6, 6.07) is 11.9. The van der Waals surface area contributed by atoms with Crippen LogP contribution < -0.4 is 4.74 Å². The SMILES string of the molecule is Cc1ccc2c(c1)OC/C(=C\c1ccc(C)c(C)c1)C2=O. The van der Waals surface area contributed by atoms with E-state index in [4.69, 9.17) is 4.74 Å². The molecule has 0 amide bonds. The Labute approximate surface area is 125 Å². The molecule has 0 atom stereocenters. The largest absolute Gasteiger partial charge is 0.488 e. The van der Waals surface area contributed by atoms with Gasteiger partial charge in [-0.05, 0) is 61.2 Å². The van der Waals surface area contributed by atoms with Gasteiger partial charge in [0, 0.05) is 5.57 Å². The van der Waals surface area contributed by atoms with Gasteiger partial charge in [0.05, 0.1) is 5.56 Å². The smallest absolute Gasteiger partial charge is 0.196 e. The molecule has 2 aromatic carbocycles. The number of benzene rings is 2. The van der Waals surface area contributed by atoms with Gasteiger partial charge < -0.3 is 4.74 Å². The number of hydrogen-bond donors (Lipinski definition) is 0. The molecule has 0 spiro atoms. The summed E-state index contributed by atoms with van der Waals surface area (Å²) in [5.74, 6) is 0.756. The fraction of sp³-hybridized carbons (Fsp3) is 0.211. The second-order valence-corrected chi connectivity index (χ2v) is 5.63. The Morgan fingerprint density at radius 2 is 1.81 bits per heavy atom. The Morgan fingerprint density at radius 1 is 1.00 bits per heavy atom. The first-order valence-corrected chi connectivity index (χ1v) is 7.10. The highest BCUT2D eigenvalue weighted by atomic mass is 16.5. The van der Waals surface area contributed by atoms with E-state index < -0.39 is 0 Å². The van der Waals surface area contributed by atoms with Gasteiger partial charge >= 0.3 is 0 Å². The van der Waals surface area contributed by atoms with Gasteiger partial charge in [-0.15, -0.1) is 0 Å². The van der Waals surface area contributed by atoms with Gasteiger partial charge in [-0.25, -0.2) is 0 Å². The average Bonchev–Trinajstić information content (AvgIpc) is 2.46. The van der Waals surface area contributed by atoms with Gasteiger partial charge in [-0.3, -0.25) is 4.79 Å². The summed E-state index contributed by atoms with van der Waals surface area (Å²) in [5.41, 5.74) is 5.98. The molecule has 21 heavy (non-hydrogen) atoms. The molecule has 0 saturated carbocycles. The Balaban J connectivity index is 1.97. The Kier molecular flexibility index (Phi) is 3.38. The number of carbonyl (C=O) groups is 1. The summed E-state index contributed by atoms with van der Waals surface area (Å²) in [7, 11) is 0. The van der Waals surface area contributed by atoms with E-state index in [2.05, 4.69) is 26.0 Å². The lowest BCUT2D eigenvalue weighted by molar-refractivity contribution is 0.100. The number of fused-ring (bicyclic) bond motifs is 1. The molecular formula is C19H18O2. The lowest BCUT2D eigenvalue weighted by Gasteiger charge is -2.19. The quantitative estimate of drug-likeness (QED) is 0.728. The first kappa shape index (κ1) is 13.6. The summed E-state index contributed by atoms with van der Waals surface area (Å²) in [6.07, 6.45) is 1.93. The van der Waals surface area contributed by atoms with Crippen LogP contribution in [0.25, 0.3) is 6.08 Å². The number of aryl methyl sites for hydroxylation is 3. The lowest BCUT2D eigenvalue weighted by Crippen LogP contribution is -2.19. The second kappa shape index (κ2) is 5.21. The summed E-state index contributed by atoms with van der Waals surface area (Å²) in [4.78, 5) is 12.5. The van der Waals surface area contributed by atoms with Crippen molar-refractivity contribution in [2.45, 2.75) is 20.8 Å². The van der Waals surface area contributed by atoms with Crippen LogP contribution in [0.4, 0.5) is 0 Å². The monoisotopic (exact) mass is 278 g/mol. The van der Waals surface area contributed by atoms with Gasteiger partial charge in [-0.2, -0.15) is 0 Å². The van der Waals surface area contributed by atoms with Crippen LogP contribution in [-0.2, 0) is 0 Å². The van der Waals surface area contributed by atoms with Gasteiger partial charge in [0.2, 0.25) is 0 Å². The molecule has 0 aliphatic carbocycles. The fourth-order valence-electron chi connectivity index (χ4n) is 2.49. The minimum absolute atomic E-state index is 0.0643. The van der Waals surface area contributed by atoms with Crippen molar-refractivity contribution < 1.29 is 9.53 Å². The summed E-state index contributed by atoms with van der Waals surface area (Å²) in [6.45, 7) is 6.49. The molecular weight excluding hydrogens is 260 g/mol. The highest BCUT2D eigenvalue weighted by Crippen LogP contribution is 2.29. The molecule has 0 unspecified atom stereocenters. The molecule has 2 heteroatoms. The van der Waals surface area contributed by atoms with Crippen LogP contribution in [0.1, 0.15) is 32.6 Å². The topological polar surface area (TPSA) is 26.3 Å². The van der Waals surface area contributed by atoms with Crippen molar-refractivity contribution in [1.82, 2.24) is 0 Å². The van der Waals surface area contributed by atoms with Gasteiger partial charge in [0.25, 0.3) is 0 Å². The first-order valence-electron chi connectivity index (χ1n) is 7.10. The summed E-state index contributed by atoms with van der Waals surface area (Å²) >= 11 is 0. The molecule has 2 nitrogen and oxygen atoms in total. The maximum absolute atomic E-state index is 12.5. The predicted octanol–water partition coefficient (Wildman–Crippen LogP) is 4.27. The molecule has 0 bridgehead atoms. The van der Waals surface area contributed by atoms with Crippen molar-refractivity contribution in [2.24, 2.45) is 0 Å². The third-order valence-electron chi connectivity index (χ3n) is 3.93. The van der Waals surface area contributed by atoms with Crippen molar-refractivity contribution in [2.75, 3.05) is 6.61 Å². The van der Waals surface area contributed by atoms with Crippen LogP contribution in [0.5, 0.6) is 5.75 Å². The van der Waals surface area contributed by atoms with Crippen molar-refractivity contribution in [3.63, 3.8) is 0 Å². The van der Waals surface area contributed by atoms with E-state index in [1.807, 2.05) is 37.3 Å². The minimum Gasteiger partial charge on any atom is -0.488 e. The molecule has 0 aromatic heterocycles. The third kappa shape index (κ3) is 2.62. The Morgan fingerprint density at radius 3 is 2.57 bits per heavy atom. The van der Waals surface area contributed by atoms with Crippen LogP contribution in [0.15, 0.2) is 42.0 Å². The highest BCUT2D eigenvalue weighted by molar-refractivity contribution is 6.14. The van der Waals surface area contributed by atoms with Crippen molar-refractivity contribution in [1.29, 1.82) is 0 Å². The van der Waals surface area contributed by atoms with E-state index in [-0.39, 0.29) is 5.78 Å². The van der Waals surface area contributed by atoms with Gasteiger partial charge in [-0.1, -0.05) is 24.3 Å². The molecule has 1 aliphatic rings. The van der Waals surface area contributed by atoms with Crippen LogP contribution in [0.2, 0.25) is 0 Å². The Hall–Kier alpha value is -2.35. The number of rotatable bonds is 1. The second-order valence-electron chi connectivity index (χ2n) is 5.63. The number of hydrogen-bond acceptors (Lipinski definition) is 2. The maximum Gasteiger partial charge on any atom is 0.196 e. The van der Waals surface area contributed by atoms with Crippen LogP contribution in [-0.4, -0.2) is 12.4 Å². The van der Waals surface area contributed by atoms with Crippen LogP contribution in [0, 0.1) is 20.8 Å². The molecule has 0 N–H and O–H groups in total. The molecule has 2 aromatic rings. The Bertz CT molecular complexity index is 754. The van der Waals surface area contributed by atoms with Crippen LogP contribution >= 0.6 is 0 Å². The highest BCUT2D eigenvalue weighted by Gasteiger charge is 2.23. The standard InChI is InChI=1S/C19H18O2/c1-12-4-7-17-18(8-12)21-11-16(19(17)20)10-15-6-5-13(2)14(3)9-15/h4-10H,11H2,1-3H3/b16-10+. The van der Waals surface area contributed by atoms with Crippen molar-refractivity contribution in [3.8, 4) is 5.75 Å². The summed E-state index contributed by atoms with van der Waals surface area (Å²) in [5, 5.41) is 0. The average molecular weight is 278 g/mol.